The van der Waals surface area contributed by atoms with E-state index in [0.29, 0.717) is 17.9 Å². The van der Waals surface area contributed by atoms with E-state index in [-0.39, 0.29) is 11.9 Å². The molecule has 0 amide bonds. The van der Waals surface area contributed by atoms with Crippen LogP contribution in [0.25, 0.3) is 0 Å². The molecule has 1 fully saturated rings. The number of hydrogen-bond acceptors (Lipinski definition) is 5. The molecule has 0 unspecified atom stereocenters. The highest BCUT2D eigenvalue weighted by atomic mass is 19.1. The topological polar surface area (TPSA) is 50.1 Å². The first-order valence-electron chi connectivity index (χ1n) is 11.4. The molecule has 3 aromatic carbocycles. The highest BCUT2D eigenvalue weighted by molar-refractivity contribution is 5.46. The fraction of sp³-hybridized carbons (Fsp3) is 0.269. The molecule has 1 aliphatic rings. The van der Waals surface area contributed by atoms with E-state index in [2.05, 4.69) is 61.7 Å². The molecule has 7 heteroatoms. The van der Waals surface area contributed by atoms with Gasteiger partial charge in [0.05, 0.1) is 0 Å². The molecule has 2 heterocycles. The number of halogens is 1. The predicted octanol–water partition coefficient (Wildman–Crippen LogP) is 3.97. The van der Waals surface area contributed by atoms with Gasteiger partial charge in [-0.25, -0.2) is 9.07 Å². The van der Waals surface area contributed by atoms with Gasteiger partial charge in [0.1, 0.15) is 11.9 Å². The number of rotatable bonds is 7. The van der Waals surface area contributed by atoms with Gasteiger partial charge in [0.2, 0.25) is 0 Å². The van der Waals surface area contributed by atoms with Crippen molar-refractivity contribution in [3.05, 3.63) is 108 Å². The number of aryl methyl sites for hydroxylation is 2. The van der Waals surface area contributed by atoms with Crippen LogP contribution >= 0.6 is 0 Å². The number of piperazine rings is 1. The van der Waals surface area contributed by atoms with Crippen LogP contribution in [0, 0.1) is 5.82 Å². The second-order valence-electron chi connectivity index (χ2n) is 8.28. The van der Waals surface area contributed by atoms with E-state index in [1.54, 1.807) is 6.07 Å². The van der Waals surface area contributed by atoms with Crippen LogP contribution in [-0.4, -0.2) is 51.3 Å². The van der Waals surface area contributed by atoms with Gasteiger partial charge in [0.15, 0.2) is 5.82 Å². The lowest BCUT2D eigenvalue weighted by molar-refractivity contribution is 0.197. The Kier molecular flexibility index (Phi) is 6.39. The van der Waals surface area contributed by atoms with Crippen LogP contribution in [0.5, 0.6) is 0 Å². The van der Waals surface area contributed by atoms with E-state index in [0.717, 1.165) is 32.6 Å². The first-order chi connectivity index (χ1) is 16.3. The second-order valence-corrected chi connectivity index (χ2v) is 8.28. The van der Waals surface area contributed by atoms with Gasteiger partial charge in [-0.05, 0) is 40.6 Å². The summed E-state index contributed by atoms with van der Waals surface area (Å²) in [6.45, 7) is 3.95. The van der Waals surface area contributed by atoms with E-state index < -0.39 is 0 Å². The van der Waals surface area contributed by atoms with E-state index in [1.165, 1.54) is 17.3 Å². The Labute approximate surface area is 193 Å². The standard InChI is InChI=1S/C26H27FN6/c27-24-14-8-7-13-23(24)25(32-19-17-31(18-20-32)22-11-5-2-6-12-22)26-28-29-30-33(26)16-15-21-9-3-1-4-10-21/h1-14,25H,15-20H2/t25-/m0/s1. The molecule has 0 spiro atoms. The Morgan fingerprint density at radius 1 is 0.788 bits per heavy atom. The lowest BCUT2D eigenvalue weighted by Crippen LogP contribution is -2.48. The number of tetrazole rings is 1. The van der Waals surface area contributed by atoms with Crippen molar-refractivity contribution in [2.24, 2.45) is 0 Å². The van der Waals surface area contributed by atoms with Crippen molar-refractivity contribution in [1.82, 2.24) is 25.1 Å². The minimum Gasteiger partial charge on any atom is -0.369 e. The summed E-state index contributed by atoms with van der Waals surface area (Å²) in [5.74, 6) is 0.454. The van der Waals surface area contributed by atoms with Crippen molar-refractivity contribution < 1.29 is 4.39 Å². The maximum Gasteiger partial charge on any atom is 0.173 e. The lowest BCUT2D eigenvalue weighted by Gasteiger charge is -2.40. The van der Waals surface area contributed by atoms with Crippen molar-refractivity contribution in [1.29, 1.82) is 0 Å². The summed E-state index contributed by atoms with van der Waals surface area (Å²) in [7, 11) is 0. The van der Waals surface area contributed by atoms with Crippen molar-refractivity contribution in [3.8, 4) is 0 Å². The Balaban J connectivity index is 1.40. The molecule has 1 aliphatic heterocycles. The number of benzene rings is 3. The molecule has 33 heavy (non-hydrogen) atoms. The van der Waals surface area contributed by atoms with Crippen LogP contribution in [0.15, 0.2) is 84.9 Å². The third kappa shape index (κ3) is 4.78. The fourth-order valence-corrected chi connectivity index (χ4v) is 4.52. The molecule has 1 aromatic heterocycles. The van der Waals surface area contributed by atoms with Gasteiger partial charge in [0.25, 0.3) is 0 Å². The smallest absolute Gasteiger partial charge is 0.173 e. The summed E-state index contributed by atoms with van der Waals surface area (Å²) in [6, 6.07) is 27.3. The van der Waals surface area contributed by atoms with Crippen LogP contribution in [0.4, 0.5) is 10.1 Å². The first-order valence-corrected chi connectivity index (χ1v) is 11.4. The summed E-state index contributed by atoms with van der Waals surface area (Å²) in [5.41, 5.74) is 3.05. The molecular formula is C26H27FN6. The zero-order valence-electron chi connectivity index (χ0n) is 18.5. The highest BCUT2D eigenvalue weighted by Gasteiger charge is 2.32. The SMILES string of the molecule is Fc1ccccc1[C@@H](c1nnnn1CCc1ccccc1)N1CCN(c2ccccc2)CC1. The predicted molar refractivity (Wildman–Crippen MR) is 126 cm³/mol. The van der Waals surface area contributed by atoms with Crippen molar-refractivity contribution in [3.63, 3.8) is 0 Å². The van der Waals surface area contributed by atoms with Crippen LogP contribution in [0.3, 0.4) is 0 Å². The summed E-state index contributed by atoms with van der Waals surface area (Å²) < 4.78 is 16.8. The second kappa shape index (κ2) is 9.92. The number of anilines is 1. The normalized spacial score (nSPS) is 15.5. The molecule has 1 saturated heterocycles. The molecule has 0 bridgehead atoms. The Hall–Kier alpha value is -3.58. The van der Waals surface area contributed by atoms with Gasteiger partial charge in [-0.3, -0.25) is 4.90 Å². The van der Waals surface area contributed by atoms with Crippen LogP contribution in [0.1, 0.15) is 23.0 Å². The monoisotopic (exact) mass is 442 g/mol. The minimum atomic E-state index is -0.338. The van der Waals surface area contributed by atoms with Gasteiger partial charge in [0, 0.05) is 44.0 Å². The van der Waals surface area contributed by atoms with E-state index in [9.17, 15) is 4.39 Å². The van der Waals surface area contributed by atoms with Crippen molar-refractivity contribution in [2.75, 3.05) is 31.1 Å². The number of para-hydroxylation sites is 1. The molecule has 6 nitrogen and oxygen atoms in total. The first kappa shape index (κ1) is 21.3. The molecule has 5 rings (SSSR count). The Bertz CT molecular complexity index is 1160. The van der Waals surface area contributed by atoms with Crippen molar-refractivity contribution in [2.45, 2.75) is 19.0 Å². The minimum absolute atomic E-state index is 0.231. The van der Waals surface area contributed by atoms with Gasteiger partial charge < -0.3 is 4.90 Å². The maximum absolute atomic E-state index is 15.0. The molecule has 168 valence electrons. The lowest BCUT2D eigenvalue weighted by atomic mass is 10.0. The third-order valence-electron chi connectivity index (χ3n) is 6.26. The molecule has 1 atom stereocenters. The fourth-order valence-electron chi connectivity index (χ4n) is 4.52. The van der Waals surface area contributed by atoms with Gasteiger partial charge in [-0.2, -0.15) is 0 Å². The number of aromatic nitrogens is 4. The average molecular weight is 443 g/mol. The van der Waals surface area contributed by atoms with Crippen LogP contribution in [-0.2, 0) is 13.0 Å². The molecular weight excluding hydrogens is 415 g/mol. The Morgan fingerprint density at radius 3 is 2.18 bits per heavy atom. The van der Waals surface area contributed by atoms with E-state index in [1.807, 2.05) is 41.1 Å². The summed E-state index contributed by atoms with van der Waals surface area (Å²) in [6.07, 6.45) is 0.810. The third-order valence-corrected chi connectivity index (χ3v) is 6.26. The maximum atomic E-state index is 15.0. The van der Waals surface area contributed by atoms with E-state index in [4.69, 9.17) is 0 Å². The number of hydrogen-bond donors (Lipinski definition) is 0. The van der Waals surface area contributed by atoms with Gasteiger partial charge in [-0.1, -0.05) is 66.7 Å². The summed E-state index contributed by atoms with van der Waals surface area (Å²) in [4.78, 5) is 4.66. The average Bonchev–Trinajstić information content (AvgIpc) is 3.34. The van der Waals surface area contributed by atoms with Gasteiger partial charge >= 0.3 is 0 Å². The Morgan fingerprint density at radius 2 is 1.45 bits per heavy atom. The summed E-state index contributed by atoms with van der Waals surface area (Å²) >= 11 is 0. The summed E-state index contributed by atoms with van der Waals surface area (Å²) in [5, 5.41) is 12.6. The zero-order chi connectivity index (χ0) is 22.5. The molecule has 0 aliphatic carbocycles. The molecule has 0 N–H and O–H groups in total. The quantitative estimate of drug-likeness (QED) is 0.434. The van der Waals surface area contributed by atoms with Crippen LogP contribution in [0.2, 0.25) is 0 Å². The van der Waals surface area contributed by atoms with Gasteiger partial charge in [-0.15, -0.1) is 5.10 Å². The van der Waals surface area contributed by atoms with Crippen molar-refractivity contribution >= 4 is 5.69 Å². The number of nitrogens with zero attached hydrogens (tertiary/aromatic N) is 6. The zero-order valence-corrected chi connectivity index (χ0v) is 18.5. The molecule has 0 radical (unpaired) electrons. The highest BCUT2D eigenvalue weighted by Crippen LogP contribution is 2.30. The largest absolute Gasteiger partial charge is 0.369 e. The van der Waals surface area contributed by atoms with Crippen LogP contribution < -0.4 is 4.90 Å². The van der Waals surface area contributed by atoms with E-state index >= 15 is 0 Å². The molecule has 4 aromatic rings. The molecule has 0 saturated carbocycles.